The molecule has 0 saturated carbocycles. The van der Waals surface area contributed by atoms with Crippen LogP contribution in [0.3, 0.4) is 0 Å². The largest absolute Gasteiger partial charge is 1.00 e. The van der Waals surface area contributed by atoms with Crippen molar-refractivity contribution in [1.82, 2.24) is 19.7 Å². The Morgan fingerprint density at radius 1 is 1.14 bits per heavy atom. The van der Waals surface area contributed by atoms with Crippen LogP contribution in [-0.4, -0.2) is 52.6 Å². The van der Waals surface area contributed by atoms with Gasteiger partial charge in [-0.2, -0.15) is 19.2 Å². The van der Waals surface area contributed by atoms with Crippen molar-refractivity contribution in [3.8, 4) is 11.6 Å². The van der Waals surface area contributed by atoms with Crippen LogP contribution < -0.4 is 69.3 Å². The fraction of sp³-hybridized carbons (Fsp3) is 0.318. The number of hydrogen-bond acceptors (Lipinski definition) is 10. The molecule has 0 bridgehead atoms. The van der Waals surface area contributed by atoms with Crippen LogP contribution in [0.25, 0.3) is 22.5 Å². The number of benzene rings is 1. The van der Waals surface area contributed by atoms with E-state index in [0.29, 0.717) is 28.0 Å². The molecule has 14 heteroatoms. The molecule has 0 spiro atoms. The fourth-order valence-corrected chi connectivity index (χ4v) is 3.47. The van der Waals surface area contributed by atoms with E-state index in [1.54, 1.807) is 35.2 Å². The van der Waals surface area contributed by atoms with Crippen LogP contribution in [0.4, 0.5) is 4.39 Å². The Balaban J connectivity index is 0. The van der Waals surface area contributed by atoms with E-state index in [1.165, 1.54) is 38.4 Å². The van der Waals surface area contributed by atoms with Crippen LogP contribution >= 0.6 is 11.3 Å². The summed E-state index contributed by atoms with van der Waals surface area (Å²) in [5, 5.41) is 22.7. The van der Waals surface area contributed by atoms with Gasteiger partial charge in [-0.3, -0.25) is 4.79 Å². The van der Waals surface area contributed by atoms with Gasteiger partial charge in [0.2, 0.25) is 5.78 Å². The first-order valence-electron chi connectivity index (χ1n) is 9.67. The molecular weight excluding hydrogens is 513 g/mol. The van der Waals surface area contributed by atoms with Crippen molar-refractivity contribution in [2.45, 2.75) is 27.5 Å². The second-order valence-electron chi connectivity index (χ2n) is 6.49. The van der Waals surface area contributed by atoms with Gasteiger partial charge in [-0.1, -0.05) is 17.3 Å². The summed E-state index contributed by atoms with van der Waals surface area (Å²) < 4.78 is 26.0. The maximum absolute atomic E-state index is 14.2. The monoisotopic (exact) mass is 538 g/mol. The van der Waals surface area contributed by atoms with Crippen molar-refractivity contribution < 1.29 is 92.6 Å². The number of halogens is 1. The van der Waals surface area contributed by atoms with Crippen LogP contribution in [0.1, 0.15) is 35.0 Å². The van der Waals surface area contributed by atoms with Gasteiger partial charge in [0.1, 0.15) is 24.0 Å². The molecule has 0 atom stereocenters. The van der Waals surface area contributed by atoms with Crippen LogP contribution in [0.5, 0.6) is 0 Å². The summed E-state index contributed by atoms with van der Waals surface area (Å²) in [6, 6.07) is 4.62. The summed E-state index contributed by atoms with van der Waals surface area (Å²) in [7, 11) is 3.01. The van der Waals surface area contributed by atoms with Gasteiger partial charge >= 0.3 is 59.1 Å². The molecule has 10 nitrogen and oxygen atoms in total. The number of rotatable bonds is 5. The molecule has 0 unspecified atom stereocenters. The van der Waals surface area contributed by atoms with Crippen LogP contribution in [0.15, 0.2) is 34.3 Å². The molecule has 0 N–H and O–H groups in total. The summed E-state index contributed by atoms with van der Waals surface area (Å²) in [4.78, 5) is 30.8. The number of aryl methyl sites for hydroxylation is 1. The van der Waals surface area contributed by atoms with Crippen molar-refractivity contribution in [2.75, 3.05) is 21.3 Å². The summed E-state index contributed by atoms with van der Waals surface area (Å²) in [6.07, 6.45) is 1.58. The minimum atomic E-state index is -0.417. The van der Waals surface area contributed by atoms with Crippen molar-refractivity contribution in [3.63, 3.8) is 0 Å². The number of hydrogen-bond donors (Lipinski definition) is 0. The number of fused-ring (bicyclic) bond motifs is 1. The van der Waals surface area contributed by atoms with Gasteiger partial charge in [0.15, 0.2) is 10.8 Å². The van der Waals surface area contributed by atoms with Gasteiger partial charge < -0.3 is 28.8 Å². The first-order chi connectivity index (χ1) is 16.3. The van der Waals surface area contributed by atoms with Crippen molar-refractivity contribution in [3.05, 3.63) is 52.0 Å². The molecular formula is C22H25FN4Na2O6S. The number of Topliss-reactive ketones (excluding diaryl/α,β-unsaturated/α-hetero) is 1. The smallest absolute Gasteiger partial charge is 0.857 e. The predicted molar refractivity (Wildman–Crippen MR) is 121 cm³/mol. The Morgan fingerprint density at radius 3 is 2.28 bits per heavy atom. The van der Waals surface area contributed by atoms with E-state index in [0.717, 1.165) is 14.2 Å². The molecule has 0 amide bonds. The Hall–Kier alpha value is -1.32. The topological polar surface area (TPSA) is 146 Å². The van der Waals surface area contributed by atoms with Gasteiger partial charge in [0.25, 0.3) is 5.89 Å². The Bertz CT molecular complexity index is 1220. The number of methoxy groups -OCH3 is 1. The molecule has 1 aromatic carbocycles. The van der Waals surface area contributed by atoms with E-state index >= 15 is 0 Å². The minimum Gasteiger partial charge on any atom is -0.857 e. The third-order valence-electron chi connectivity index (χ3n) is 3.81. The van der Waals surface area contributed by atoms with E-state index < -0.39 is 5.82 Å². The molecule has 0 saturated heterocycles. The van der Waals surface area contributed by atoms with Crippen LogP contribution in [0.2, 0.25) is 0 Å². The zero-order chi connectivity index (χ0) is 25.8. The molecule has 184 valence electrons. The predicted octanol–water partition coefficient (Wildman–Crippen LogP) is -4.01. The quantitative estimate of drug-likeness (QED) is 0.183. The second kappa shape index (κ2) is 18.9. The number of para-hydroxylation sites is 1. The van der Waals surface area contributed by atoms with E-state index in [2.05, 4.69) is 15.1 Å². The summed E-state index contributed by atoms with van der Waals surface area (Å²) in [6.45, 7) is 4.89. The standard InChI is InChI=1S/C17H13FN4O3S.C3H6O.2CH3O.2Na/c1-9-19-16(25-21-9)13-7-26-17(20-13)15(23)11-6-22(8-24-2)14-10(11)4-3-5-12(14)18;1-3(2)4;2*1-2;;/h3-7H,8H2,1-2H3;1-2H3;2*1H3;;/q;;2*-1;2*+1. The number of carbonyl (C=O) groups excluding carboxylic acids is 2. The zero-order valence-electron chi connectivity index (χ0n) is 21.6. The van der Waals surface area contributed by atoms with Gasteiger partial charge in [-0.25, -0.2) is 9.37 Å². The second-order valence-corrected chi connectivity index (χ2v) is 7.35. The van der Waals surface area contributed by atoms with Gasteiger partial charge in [0, 0.05) is 24.1 Å². The van der Waals surface area contributed by atoms with Gasteiger partial charge in [-0.15, -0.1) is 11.3 Å². The third kappa shape index (κ3) is 9.86. The van der Waals surface area contributed by atoms with Crippen molar-refractivity contribution in [2.24, 2.45) is 0 Å². The van der Waals surface area contributed by atoms with E-state index in [1.807, 2.05) is 0 Å². The molecule has 3 heterocycles. The summed E-state index contributed by atoms with van der Waals surface area (Å²) in [5.41, 5.74) is 1.12. The molecule has 4 aromatic rings. The maximum Gasteiger partial charge on any atom is 1.00 e. The molecule has 3 aromatic heterocycles. The van der Waals surface area contributed by atoms with Crippen LogP contribution in [0, 0.1) is 12.7 Å². The number of ether oxygens (including phenoxy) is 1. The maximum atomic E-state index is 14.2. The van der Waals surface area contributed by atoms with Crippen molar-refractivity contribution in [1.29, 1.82) is 0 Å². The third-order valence-corrected chi connectivity index (χ3v) is 4.65. The van der Waals surface area contributed by atoms with Gasteiger partial charge in [0.05, 0.1) is 11.1 Å². The van der Waals surface area contributed by atoms with E-state index in [-0.39, 0.29) is 88.3 Å². The molecule has 0 aliphatic heterocycles. The average Bonchev–Trinajstić information content (AvgIpc) is 3.55. The fourth-order valence-electron chi connectivity index (χ4n) is 2.73. The minimum absolute atomic E-state index is 0. The number of carbonyl (C=O) groups is 2. The first kappa shape index (κ1) is 36.8. The SMILES string of the molecule is CC(C)=O.COCn1cc(C(=O)c2nc(-c3nc(C)no3)cs2)c2cccc(F)c21.C[O-].C[O-].[Na+].[Na+]. The van der Waals surface area contributed by atoms with E-state index in [9.17, 15) is 14.0 Å². The number of nitrogens with zero attached hydrogens (tertiary/aromatic N) is 4. The Labute approximate surface area is 256 Å². The van der Waals surface area contributed by atoms with Crippen LogP contribution in [-0.2, 0) is 16.3 Å². The average molecular weight is 539 g/mol. The first-order valence-corrected chi connectivity index (χ1v) is 10.6. The van der Waals surface area contributed by atoms with E-state index in [4.69, 9.17) is 19.5 Å². The summed E-state index contributed by atoms with van der Waals surface area (Å²) >= 11 is 1.17. The molecule has 0 radical (unpaired) electrons. The summed E-state index contributed by atoms with van der Waals surface area (Å²) in [5.74, 6) is 0.187. The Kier molecular flexibility index (Phi) is 19.3. The molecule has 0 aliphatic rings. The van der Waals surface area contributed by atoms with Crippen molar-refractivity contribution >= 4 is 33.8 Å². The van der Waals surface area contributed by atoms with Gasteiger partial charge in [-0.05, 0) is 26.8 Å². The molecule has 4 rings (SSSR count). The number of thiazole rings is 1. The molecule has 0 aliphatic carbocycles. The normalized spacial score (nSPS) is 9.25. The Morgan fingerprint density at radius 2 is 1.75 bits per heavy atom. The number of aromatic nitrogens is 4. The molecule has 0 fully saturated rings. The zero-order valence-corrected chi connectivity index (χ0v) is 26.4. The number of ketones is 2. The molecule has 36 heavy (non-hydrogen) atoms.